The average molecular weight is 495 g/mol. The standard InChI is InChI=1S/C23H21ClF2N2O4S/c1-32-19-9-5-8-16(21(19)26)14-20(25)28(22(23(27)29)15-6-3-2-4-7-15)33(30,31)18-12-10-17(24)11-13-18/h2-13,20,22H,14H2,1H3,(H2,27,29). The van der Waals surface area contributed by atoms with Crippen LogP contribution in [0.5, 0.6) is 5.75 Å². The van der Waals surface area contributed by atoms with Crippen LogP contribution in [0.4, 0.5) is 8.78 Å². The highest BCUT2D eigenvalue weighted by molar-refractivity contribution is 7.89. The molecule has 0 saturated carbocycles. The van der Waals surface area contributed by atoms with Crippen LogP contribution in [0.3, 0.4) is 0 Å². The second kappa shape index (κ2) is 10.3. The molecule has 0 bridgehead atoms. The first-order valence-corrected chi connectivity index (χ1v) is 11.6. The van der Waals surface area contributed by atoms with Gasteiger partial charge in [0, 0.05) is 11.4 Å². The molecule has 0 saturated heterocycles. The van der Waals surface area contributed by atoms with Gasteiger partial charge < -0.3 is 10.5 Å². The highest BCUT2D eigenvalue weighted by atomic mass is 35.5. The number of benzene rings is 3. The Labute approximate surface area is 195 Å². The number of halogens is 3. The maximum absolute atomic E-state index is 15.8. The van der Waals surface area contributed by atoms with E-state index in [-0.39, 0.29) is 26.8 Å². The molecule has 0 radical (unpaired) electrons. The molecule has 0 aliphatic carbocycles. The van der Waals surface area contributed by atoms with E-state index in [2.05, 4.69) is 0 Å². The lowest BCUT2D eigenvalue weighted by Gasteiger charge is -2.32. The van der Waals surface area contributed by atoms with Gasteiger partial charge in [-0.1, -0.05) is 54.1 Å². The van der Waals surface area contributed by atoms with E-state index >= 15 is 4.39 Å². The zero-order valence-electron chi connectivity index (χ0n) is 17.5. The maximum Gasteiger partial charge on any atom is 0.246 e. The number of methoxy groups -OCH3 is 1. The zero-order valence-corrected chi connectivity index (χ0v) is 19.1. The van der Waals surface area contributed by atoms with Gasteiger partial charge in [0.15, 0.2) is 17.9 Å². The minimum Gasteiger partial charge on any atom is -0.494 e. The molecule has 0 aliphatic rings. The summed E-state index contributed by atoms with van der Waals surface area (Å²) in [4.78, 5) is 12.1. The molecule has 0 aromatic heterocycles. The van der Waals surface area contributed by atoms with E-state index in [4.69, 9.17) is 22.1 Å². The normalized spacial score (nSPS) is 13.5. The molecule has 174 valence electrons. The van der Waals surface area contributed by atoms with E-state index in [1.54, 1.807) is 18.2 Å². The van der Waals surface area contributed by atoms with Gasteiger partial charge in [-0.3, -0.25) is 4.79 Å². The van der Waals surface area contributed by atoms with E-state index in [9.17, 15) is 17.6 Å². The van der Waals surface area contributed by atoms with Gasteiger partial charge in [-0.2, -0.15) is 0 Å². The molecule has 0 fully saturated rings. The first kappa shape index (κ1) is 24.6. The Morgan fingerprint density at radius 2 is 1.70 bits per heavy atom. The Bertz CT molecular complexity index is 1220. The first-order chi connectivity index (χ1) is 15.7. The molecule has 3 aromatic carbocycles. The van der Waals surface area contributed by atoms with E-state index in [1.807, 2.05) is 0 Å². The van der Waals surface area contributed by atoms with Crippen LogP contribution in [-0.2, 0) is 21.2 Å². The van der Waals surface area contributed by atoms with Crippen molar-refractivity contribution in [2.45, 2.75) is 23.7 Å². The second-order valence-corrected chi connectivity index (χ2v) is 9.36. The lowest BCUT2D eigenvalue weighted by Crippen LogP contribution is -2.46. The minimum absolute atomic E-state index is 0.124. The summed E-state index contributed by atoms with van der Waals surface area (Å²) in [6, 6.07) is 15.1. The van der Waals surface area contributed by atoms with E-state index in [0.29, 0.717) is 4.31 Å². The number of primary amides is 1. The number of ether oxygens (including phenoxy) is 1. The van der Waals surface area contributed by atoms with Crippen LogP contribution >= 0.6 is 11.6 Å². The second-order valence-electron chi connectivity index (χ2n) is 7.08. The average Bonchev–Trinajstić information content (AvgIpc) is 2.79. The maximum atomic E-state index is 15.8. The van der Waals surface area contributed by atoms with Gasteiger partial charge in [0.2, 0.25) is 15.9 Å². The third-order valence-corrected chi connectivity index (χ3v) is 7.07. The number of hydrogen-bond acceptors (Lipinski definition) is 4. The number of amides is 1. The van der Waals surface area contributed by atoms with Crippen molar-refractivity contribution in [3.8, 4) is 5.75 Å². The molecule has 0 spiro atoms. The fourth-order valence-corrected chi connectivity index (χ4v) is 5.12. The van der Waals surface area contributed by atoms with Gasteiger partial charge in [-0.25, -0.2) is 17.2 Å². The van der Waals surface area contributed by atoms with Crippen molar-refractivity contribution in [2.75, 3.05) is 7.11 Å². The van der Waals surface area contributed by atoms with Crippen molar-refractivity contribution in [2.24, 2.45) is 5.73 Å². The number of hydrogen-bond donors (Lipinski definition) is 1. The number of sulfonamides is 1. The molecular formula is C23H21ClF2N2O4S. The van der Waals surface area contributed by atoms with E-state index < -0.39 is 40.5 Å². The van der Waals surface area contributed by atoms with Crippen LogP contribution in [0.15, 0.2) is 77.7 Å². The van der Waals surface area contributed by atoms with Gasteiger partial charge in [-0.05, 0) is 41.5 Å². The Balaban J connectivity index is 2.14. The molecular weight excluding hydrogens is 474 g/mol. The molecule has 0 aliphatic heterocycles. The summed E-state index contributed by atoms with van der Waals surface area (Å²) in [5.74, 6) is -2.05. The lowest BCUT2D eigenvalue weighted by molar-refractivity contribution is -0.123. The number of carbonyl (C=O) groups excluding carboxylic acids is 1. The first-order valence-electron chi connectivity index (χ1n) is 9.75. The van der Waals surface area contributed by atoms with Crippen molar-refractivity contribution in [1.29, 1.82) is 0 Å². The smallest absolute Gasteiger partial charge is 0.246 e. The highest BCUT2D eigenvalue weighted by Crippen LogP contribution is 2.33. The van der Waals surface area contributed by atoms with Gasteiger partial charge >= 0.3 is 0 Å². The van der Waals surface area contributed by atoms with Crippen LogP contribution in [0.1, 0.15) is 17.2 Å². The van der Waals surface area contributed by atoms with Crippen molar-refractivity contribution >= 4 is 27.5 Å². The van der Waals surface area contributed by atoms with Crippen molar-refractivity contribution < 1.29 is 26.7 Å². The number of rotatable bonds is 9. The number of alkyl halides is 1. The Kier molecular flexibility index (Phi) is 7.68. The van der Waals surface area contributed by atoms with Crippen LogP contribution in [-0.4, -0.2) is 32.0 Å². The number of nitrogens with two attached hydrogens (primary N) is 1. The molecule has 2 atom stereocenters. The summed E-state index contributed by atoms with van der Waals surface area (Å²) < 4.78 is 62.8. The van der Waals surface area contributed by atoms with Gasteiger partial charge in [-0.15, -0.1) is 4.31 Å². The summed E-state index contributed by atoms with van der Waals surface area (Å²) in [7, 11) is -3.36. The third kappa shape index (κ3) is 5.32. The summed E-state index contributed by atoms with van der Waals surface area (Å²) in [5, 5.41) is 0.269. The van der Waals surface area contributed by atoms with Gasteiger partial charge in [0.25, 0.3) is 0 Å². The SMILES string of the molecule is COc1cccc(CC(F)N(C(C(N)=O)c2ccccc2)S(=O)(=O)c2ccc(Cl)cc2)c1F. The predicted molar refractivity (Wildman–Crippen MR) is 120 cm³/mol. The Morgan fingerprint density at radius 3 is 2.27 bits per heavy atom. The van der Waals surface area contributed by atoms with E-state index in [0.717, 1.165) is 0 Å². The molecule has 33 heavy (non-hydrogen) atoms. The van der Waals surface area contributed by atoms with Crippen LogP contribution in [0, 0.1) is 5.82 Å². The number of nitrogens with zero attached hydrogens (tertiary/aromatic N) is 1. The van der Waals surface area contributed by atoms with Crippen LogP contribution < -0.4 is 10.5 Å². The molecule has 2 N–H and O–H groups in total. The molecule has 6 nitrogen and oxygen atoms in total. The number of carbonyl (C=O) groups is 1. The monoisotopic (exact) mass is 494 g/mol. The van der Waals surface area contributed by atoms with Gasteiger partial charge in [0.05, 0.1) is 12.0 Å². The van der Waals surface area contributed by atoms with Crippen molar-refractivity contribution in [1.82, 2.24) is 4.31 Å². The van der Waals surface area contributed by atoms with E-state index in [1.165, 1.54) is 61.7 Å². The largest absolute Gasteiger partial charge is 0.494 e. The van der Waals surface area contributed by atoms with Crippen LogP contribution in [0.2, 0.25) is 5.02 Å². The molecule has 3 aromatic rings. The molecule has 3 rings (SSSR count). The van der Waals surface area contributed by atoms with Crippen LogP contribution in [0.25, 0.3) is 0 Å². The predicted octanol–water partition coefficient (Wildman–Crippen LogP) is 4.24. The summed E-state index contributed by atoms with van der Waals surface area (Å²) in [6.45, 7) is 0. The lowest BCUT2D eigenvalue weighted by atomic mass is 10.1. The quantitative estimate of drug-likeness (QED) is 0.450. The molecule has 10 heteroatoms. The minimum atomic E-state index is -4.61. The van der Waals surface area contributed by atoms with Crippen molar-refractivity contribution in [3.05, 3.63) is 94.8 Å². The fourth-order valence-electron chi connectivity index (χ4n) is 3.39. The van der Waals surface area contributed by atoms with Gasteiger partial charge in [0.1, 0.15) is 6.04 Å². The third-order valence-electron chi connectivity index (χ3n) is 4.96. The summed E-state index contributed by atoms with van der Waals surface area (Å²) in [6.07, 6.45) is -3.03. The zero-order chi connectivity index (χ0) is 24.2. The van der Waals surface area contributed by atoms with Crippen molar-refractivity contribution in [3.63, 3.8) is 0 Å². The molecule has 1 amide bonds. The molecule has 0 heterocycles. The summed E-state index contributed by atoms with van der Waals surface area (Å²) in [5.41, 5.74) is 5.58. The fraction of sp³-hybridized carbons (Fsp3) is 0.174. The summed E-state index contributed by atoms with van der Waals surface area (Å²) >= 11 is 5.86. The Morgan fingerprint density at radius 1 is 1.06 bits per heavy atom. The topological polar surface area (TPSA) is 89.7 Å². The molecule has 2 unspecified atom stereocenters. The highest BCUT2D eigenvalue weighted by Gasteiger charge is 2.41. The Hall–Kier alpha value is -3.01.